The Morgan fingerprint density at radius 3 is 2.19 bits per heavy atom. The van der Waals surface area contributed by atoms with E-state index in [1.54, 1.807) is 48.5 Å². The summed E-state index contributed by atoms with van der Waals surface area (Å²) in [6.45, 7) is 5.29. The topological polar surface area (TPSA) is 99.3 Å². The molecule has 0 heterocycles. The zero-order valence-corrected chi connectivity index (χ0v) is 15.6. The Morgan fingerprint density at radius 1 is 0.889 bits per heavy atom. The van der Waals surface area contributed by atoms with Crippen LogP contribution in [0.5, 0.6) is 0 Å². The molecule has 0 spiro atoms. The molecule has 0 saturated carbocycles. The van der Waals surface area contributed by atoms with Gasteiger partial charge in [0, 0.05) is 35.6 Å². The van der Waals surface area contributed by atoms with E-state index in [1.165, 1.54) is 6.92 Å². The van der Waals surface area contributed by atoms with E-state index in [9.17, 15) is 14.4 Å². The van der Waals surface area contributed by atoms with Gasteiger partial charge in [-0.05, 0) is 56.3 Å². The molecule has 0 saturated heterocycles. The van der Waals surface area contributed by atoms with Crippen molar-refractivity contribution in [3.63, 3.8) is 0 Å². The lowest BCUT2D eigenvalue weighted by molar-refractivity contribution is -0.115. The Balaban J connectivity index is 1.88. The van der Waals surface area contributed by atoms with Crippen molar-refractivity contribution in [1.29, 1.82) is 0 Å². The van der Waals surface area contributed by atoms with Gasteiger partial charge in [-0.3, -0.25) is 14.4 Å². The molecule has 2 rings (SSSR count). The first-order valence-electron chi connectivity index (χ1n) is 8.66. The van der Waals surface area contributed by atoms with Crippen LogP contribution in [-0.4, -0.2) is 30.3 Å². The highest BCUT2D eigenvalue weighted by atomic mass is 16.2. The van der Waals surface area contributed by atoms with Gasteiger partial charge in [0.1, 0.15) is 0 Å². The Morgan fingerprint density at radius 2 is 1.56 bits per heavy atom. The van der Waals surface area contributed by atoms with Gasteiger partial charge in [0.25, 0.3) is 5.91 Å². The molecule has 0 aromatic heterocycles. The second-order valence-corrected chi connectivity index (χ2v) is 6.37. The van der Waals surface area contributed by atoms with Crippen LogP contribution < -0.4 is 21.3 Å². The van der Waals surface area contributed by atoms with E-state index < -0.39 is 0 Å². The van der Waals surface area contributed by atoms with Crippen LogP contribution in [-0.2, 0) is 9.59 Å². The molecule has 2 aromatic rings. The number of nitrogens with one attached hydrogen (secondary N) is 4. The normalized spacial score (nSPS) is 10.2. The number of benzene rings is 2. The minimum Gasteiger partial charge on any atom is -0.376 e. The zero-order chi connectivity index (χ0) is 19.8. The van der Waals surface area contributed by atoms with E-state index in [-0.39, 0.29) is 30.3 Å². The third-order valence-electron chi connectivity index (χ3n) is 3.49. The highest BCUT2D eigenvalue weighted by molar-refractivity contribution is 5.98. The van der Waals surface area contributed by atoms with Crippen LogP contribution in [0.4, 0.5) is 17.1 Å². The average molecular weight is 368 g/mol. The number of anilines is 3. The fourth-order valence-corrected chi connectivity index (χ4v) is 2.35. The molecule has 0 radical (unpaired) electrons. The summed E-state index contributed by atoms with van der Waals surface area (Å²) in [5, 5.41) is 11.3. The first kappa shape index (κ1) is 20.0. The van der Waals surface area contributed by atoms with E-state index in [0.29, 0.717) is 16.9 Å². The number of hydrogen-bond donors (Lipinski definition) is 4. The summed E-state index contributed by atoms with van der Waals surface area (Å²) in [5.41, 5.74) is 2.49. The molecule has 7 heteroatoms. The first-order chi connectivity index (χ1) is 12.8. The average Bonchev–Trinajstić information content (AvgIpc) is 2.60. The standard InChI is InChI=1S/C20H24N4O3/c1-13(2)22-20(27)15-5-4-6-18(11-15)24-19(26)12-21-16-7-9-17(10-8-16)23-14(3)25/h4-11,13,21H,12H2,1-3H3,(H,22,27)(H,23,25)(H,24,26). The summed E-state index contributed by atoms with van der Waals surface area (Å²) in [5.74, 6) is -0.555. The molecule has 2 aromatic carbocycles. The van der Waals surface area contributed by atoms with Crippen molar-refractivity contribution in [3.8, 4) is 0 Å². The maximum atomic E-state index is 12.1. The predicted molar refractivity (Wildman–Crippen MR) is 107 cm³/mol. The molecule has 0 fully saturated rings. The van der Waals surface area contributed by atoms with Crippen LogP contribution in [0.3, 0.4) is 0 Å². The number of carbonyl (C=O) groups is 3. The van der Waals surface area contributed by atoms with E-state index >= 15 is 0 Å². The van der Waals surface area contributed by atoms with E-state index in [4.69, 9.17) is 0 Å². The first-order valence-corrected chi connectivity index (χ1v) is 8.66. The maximum absolute atomic E-state index is 12.1. The molecular formula is C20H24N4O3. The molecule has 0 bridgehead atoms. The summed E-state index contributed by atoms with van der Waals surface area (Å²) in [6.07, 6.45) is 0. The number of hydrogen-bond acceptors (Lipinski definition) is 4. The smallest absolute Gasteiger partial charge is 0.251 e. The third kappa shape index (κ3) is 6.81. The summed E-state index contributed by atoms with van der Waals surface area (Å²) in [6, 6.07) is 13.9. The van der Waals surface area contributed by atoms with Crippen LogP contribution in [0.25, 0.3) is 0 Å². The molecule has 3 amide bonds. The van der Waals surface area contributed by atoms with Gasteiger partial charge < -0.3 is 21.3 Å². The van der Waals surface area contributed by atoms with Gasteiger partial charge in [-0.25, -0.2) is 0 Å². The molecule has 0 atom stereocenters. The summed E-state index contributed by atoms with van der Waals surface area (Å²) in [4.78, 5) is 35.2. The van der Waals surface area contributed by atoms with Gasteiger partial charge in [0.05, 0.1) is 6.54 Å². The highest BCUT2D eigenvalue weighted by Crippen LogP contribution is 2.14. The Kier molecular flexibility index (Phi) is 6.93. The van der Waals surface area contributed by atoms with Crippen molar-refractivity contribution >= 4 is 34.8 Å². The molecule has 0 aliphatic rings. The number of rotatable bonds is 7. The summed E-state index contributed by atoms with van der Waals surface area (Å²) >= 11 is 0. The van der Waals surface area contributed by atoms with Crippen molar-refractivity contribution in [1.82, 2.24) is 5.32 Å². The summed E-state index contributed by atoms with van der Waals surface area (Å²) < 4.78 is 0. The maximum Gasteiger partial charge on any atom is 0.251 e. The molecule has 0 aliphatic carbocycles. The van der Waals surface area contributed by atoms with Gasteiger partial charge in [-0.1, -0.05) is 6.07 Å². The van der Waals surface area contributed by atoms with E-state index in [2.05, 4.69) is 21.3 Å². The minimum atomic E-state index is -0.234. The monoisotopic (exact) mass is 368 g/mol. The Labute approximate surface area is 158 Å². The van der Waals surface area contributed by atoms with Gasteiger partial charge in [-0.15, -0.1) is 0 Å². The van der Waals surface area contributed by atoms with E-state index in [0.717, 1.165) is 5.69 Å². The fourth-order valence-electron chi connectivity index (χ4n) is 2.35. The van der Waals surface area contributed by atoms with Gasteiger partial charge in [0.2, 0.25) is 11.8 Å². The van der Waals surface area contributed by atoms with Crippen molar-refractivity contribution in [2.75, 3.05) is 22.5 Å². The van der Waals surface area contributed by atoms with E-state index in [1.807, 2.05) is 13.8 Å². The fraction of sp³-hybridized carbons (Fsp3) is 0.250. The second-order valence-electron chi connectivity index (χ2n) is 6.37. The lowest BCUT2D eigenvalue weighted by Gasteiger charge is -2.11. The predicted octanol–water partition coefficient (Wildman–Crippen LogP) is 2.83. The van der Waals surface area contributed by atoms with Crippen molar-refractivity contribution in [2.24, 2.45) is 0 Å². The number of amides is 3. The SMILES string of the molecule is CC(=O)Nc1ccc(NCC(=O)Nc2cccc(C(=O)NC(C)C)c2)cc1. The number of carbonyl (C=O) groups excluding carboxylic acids is 3. The molecule has 142 valence electrons. The largest absolute Gasteiger partial charge is 0.376 e. The van der Waals surface area contributed by atoms with Gasteiger partial charge in [0.15, 0.2) is 0 Å². The second kappa shape index (κ2) is 9.38. The molecule has 0 aliphatic heterocycles. The Bertz CT molecular complexity index is 816. The van der Waals surface area contributed by atoms with Gasteiger partial charge >= 0.3 is 0 Å². The quantitative estimate of drug-likeness (QED) is 0.604. The van der Waals surface area contributed by atoms with Crippen LogP contribution in [0.15, 0.2) is 48.5 Å². The lowest BCUT2D eigenvalue weighted by Crippen LogP contribution is -2.30. The van der Waals surface area contributed by atoms with Crippen molar-refractivity contribution in [2.45, 2.75) is 26.8 Å². The zero-order valence-electron chi connectivity index (χ0n) is 15.6. The lowest BCUT2D eigenvalue weighted by atomic mass is 10.1. The van der Waals surface area contributed by atoms with Crippen LogP contribution in [0.1, 0.15) is 31.1 Å². The molecule has 7 nitrogen and oxygen atoms in total. The summed E-state index contributed by atoms with van der Waals surface area (Å²) in [7, 11) is 0. The van der Waals surface area contributed by atoms with Gasteiger partial charge in [-0.2, -0.15) is 0 Å². The molecule has 4 N–H and O–H groups in total. The van der Waals surface area contributed by atoms with Crippen LogP contribution in [0.2, 0.25) is 0 Å². The van der Waals surface area contributed by atoms with Crippen molar-refractivity contribution in [3.05, 3.63) is 54.1 Å². The highest BCUT2D eigenvalue weighted by Gasteiger charge is 2.09. The molecule has 27 heavy (non-hydrogen) atoms. The van der Waals surface area contributed by atoms with Crippen LogP contribution in [0, 0.1) is 0 Å². The molecular weight excluding hydrogens is 344 g/mol. The Hall–Kier alpha value is -3.35. The molecule has 0 unspecified atom stereocenters. The van der Waals surface area contributed by atoms with Crippen LogP contribution >= 0.6 is 0 Å². The van der Waals surface area contributed by atoms with Crippen molar-refractivity contribution < 1.29 is 14.4 Å². The minimum absolute atomic E-state index is 0.0389. The third-order valence-corrected chi connectivity index (χ3v) is 3.49.